The molecule has 2 saturated heterocycles. The molecule has 21 heavy (non-hydrogen) atoms. The van der Waals surface area contributed by atoms with Gasteiger partial charge in [-0.2, -0.15) is 9.64 Å². The number of nitrogens with zero attached hydrogens (tertiary/aromatic N) is 4. The van der Waals surface area contributed by atoms with Gasteiger partial charge in [0.1, 0.15) is 22.7 Å². The Kier molecular flexibility index (Phi) is 4.29. The lowest BCUT2D eigenvalue weighted by Gasteiger charge is -2.36. The molecule has 0 radical (unpaired) electrons. The van der Waals surface area contributed by atoms with E-state index in [9.17, 15) is 4.79 Å². The van der Waals surface area contributed by atoms with E-state index >= 15 is 0 Å². The van der Waals surface area contributed by atoms with Gasteiger partial charge in [0.15, 0.2) is 5.15 Å². The predicted octanol–water partition coefficient (Wildman–Crippen LogP) is 1.50. The lowest BCUT2D eigenvalue weighted by atomic mass is 10.2. The second-order valence-corrected chi connectivity index (χ2v) is 6.19. The van der Waals surface area contributed by atoms with Crippen LogP contribution >= 0.6 is 23.1 Å². The Morgan fingerprint density at radius 1 is 1.43 bits per heavy atom. The van der Waals surface area contributed by atoms with Gasteiger partial charge in [0, 0.05) is 32.8 Å². The summed E-state index contributed by atoms with van der Waals surface area (Å²) in [6.07, 6.45) is 1.52. The van der Waals surface area contributed by atoms with Gasteiger partial charge in [-0.15, -0.1) is 0 Å². The van der Waals surface area contributed by atoms with E-state index in [2.05, 4.69) is 15.3 Å². The van der Waals surface area contributed by atoms with Crippen molar-refractivity contribution in [1.82, 2.24) is 9.27 Å². The zero-order valence-electron chi connectivity index (χ0n) is 11.4. The summed E-state index contributed by atoms with van der Waals surface area (Å²) in [5.74, 6) is 0.0926. The molecule has 1 amide bonds. The first-order valence-corrected chi connectivity index (χ1v) is 8.06. The molecular formula is C13H15ClN4O2S. The fourth-order valence-corrected chi connectivity index (χ4v) is 3.76. The highest BCUT2D eigenvalue weighted by atomic mass is 35.5. The van der Waals surface area contributed by atoms with Gasteiger partial charge in [0.2, 0.25) is 0 Å². The van der Waals surface area contributed by atoms with Gasteiger partial charge >= 0.3 is 0 Å². The molecule has 0 spiro atoms. The van der Waals surface area contributed by atoms with Crippen LogP contribution in [0.4, 0.5) is 5.00 Å². The molecule has 2 aliphatic rings. The maximum Gasteiger partial charge on any atom is 0.251 e. The van der Waals surface area contributed by atoms with Crippen LogP contribution in [0, 0.1) is 11.3 Å². The SMILES string of the molecule is N#Cc1c(Cl)nsc1N1CCN(C(=O)[C@@H]2CCCO2)CC1. The number of anilines is 1. The van der Waals surface area contributed by atoms with E-state index in [4.69, 9.17) is 21.6 Å². The number of carbonyl (C=O) groups is 1. The van der Waals surface area contributed by atoms with Gasteiger partial charge in [0.25, 0.3) is 5.91 Å². The summed E-state index contributed by atoms with van der Waals surface area (Å²) >= 11 is 7.13. The smallest absolute Gasteiger partial charge is 0.251 e. The summed E-state index contributed by atoms with van der Waals surface area (Å²) in [6.45, 7) is 3.33. The minimum atomic E-state index is -0.260. The molecule has 6 nitrogen and oxygen atoms in total. The zero-order valence-corrected chi connectivity index (χ0v) is 13.0. The van der Waals surface area contributed by atoms with Crippen molar-refractivity contribution in [3.8, 4) is 6.07 Å². The predicted molar refractivity (Wildman–Crippen MR) is 79.6 cm³/mol. The van der Waals surface area contributed by atoms with Gasteiger partial charge in [-0.25, -0.2) is 0 Å². The van der Waals surface area contributed by atoms with Crippen molar-refractivity contribution >= 4 is 34.0 Å². The van der Waals surface area contributed by atoms with Crippen LogP contribution in [0.2, 0.25) is 5.15 Å². The lowest BCUT2D eigenvalue weighted by Crippen LogP contribution is -2.51. The van der Waals surface area contributed by atoms with Crippen LogP contribution in [0.1, 0.15) is 18.4 Å². The van der Waals surface area contributed by atoms with Crippen molar-refractivity contribution < 1.29 is 9.53 Å². The molecule has 0 aromatic carbocycles. The number of piperazine rings is 1. The third kappa shape index (κ3) is 2.84. The Bertz CT molecular complexity index is 571. The molecule has 0 saturated carbocycles. The number of nitriles is 1. The number of carbonyl (C=O) groups excluding carboxylic acids is 1. The lowest BCUT2D eigenvalue weighted by molar-refractivity contribution is -0.141. The van der Waals surface area contributed by atoms with Crippen molar-refractivity contribution in [3.05, 3.63) is 10.7 Å². The third-order valence-electron chi connectivity index (χ3n) is 3.83. The summed E-state index contributed by atoms with van der Waals surface area (Å²) in [5, 5.41) is 10.2. The van der Waals surface area contributed by atoms with Crippen LogP contribution in [-0.4, -0.2) is 54.1 Å². The van der Waals surface area contributed by atoms with Gasteiger partial charge in [-0.1, -0.05) is 11.6 Å². The minimum Gasteiger partial charge on any atom is -0.368 e. The van der Waals surface area contributed by atoms with Crippen molar-refractivity contribution in [1.29, 1.82) is 5.26 Å². The summed E-state index contributed by atoms with van der Waals surface area (Å²) in [5.41, 5.74) is 0.431. The highest BCUT2D eigenvalue weighted by Gasteiger charge is 2.31. The first-order valence-electron chi connectivity index (χ1n) is 6.91. The van der Waals surface area contributed by atoms with Crippen LogP contribution in [0.5, 0.6) is 0 Å². The molecule has 8 heteroatoms. The molecule has 3 rings (SSSR count). The van der Waals surface area contributed by atoms with Crippen molar-refractivity contribution in [2.75, 3.05) is 37.7 Å². The molecule has 0 bridgehead atoms. The molecule has 1 aromatic heterocycles. The molecular weight excluding hydrogens is 312 g/mol. The number of hydrogen-bond acceptors (Lipinski definition) is 6. The number of aromatic nitrogens is 1. The Morgan fingerprint density at radius 2 is 2.19 bits per heavy atom. The van der Waals surface area contributed by atoms with Gasteiger partial charge in [-0.3, -0.25) is 4.79 Å². The van der Waals surface area contributed by atoms with Crippen LogP contribution < -0.4 is 4.90 Å². The molecule has 112 valence electrons. The number of halogens is 1. The van der Waals surface area contributed by atoms with Gasteiger partial charge < -0.3 is 14.5 Å². The maximum absolute atomic E-state index is 12.3. The van der Waals surface area contributed by atoms with E-state index in [1.54, 1.807) is 0 Å². The molecule has 3 heterocycles. The van der Waals surface area contributed by atoms with E-state index in [0.29, 0.717) is 38.3 Å². The summed E-state index contributed by atoms with van der Waals surface area (Å²) < 4.78 is 9.47. The second kappa shape index (κ2) is 6.18. The third-order valence-corrected chi connectivity index (χ3v) is 5.11. The zero-order chi connectivity index (χ0) is 14.8. The Hall–Kier alpha value is -1.36. The van der Waals surface area contributed by atoms with E-state index in [1.807, 2.05) is 4.90 Å². The first-order chi connectivity index (χ1) is 10.2. The standard InChI is InChI=1S/C13H15ClN4O2S/c14-11-9(8-15)13(21-16-11)18-5-3-17(4-6-18)12(19)10-2-1-7-20-10/h10H,1-7H2/t10-/m0/s1. The minimum absolute atomic E-state index is 0.0926. The highest BCUT2D eigenvalue weighted by Crippen LogP contribution is 2.31. The monoisotopic (exact) mass is 326 g/mol. The average molecular weight is 327 g/mol. The molecule has 0 N–H and O–H groups in total. The molecule has 0 unspecified atom stereocenters. The van der Waals surface area contributed by atoms with Crippen molar-refractivity contribution in [2.45, 2.75) is 18.9 Å². The van der Waals surface area contributed by atoms with E-state index in [1.165, 1.54) is 11.5 Å². The number of ether oxygens (including phenoxy) is 1. The van der Waals surface area contributed by atoms with Gasteiger partial charge in [0.05, 0.1) is 0 Å². The summed E-state index contributed by atoms with van der Waals surface area (Å²) in [7, 11) is 0. The Morgan fingerprint density at radius 3 is 2.81 bits per heavy atom. The number of rotatable bonds is 2. The summed E-state index contributed by atoms with van der Waals surface area (Å²) in [6, 6.07) is 2.09. The quantitative estimate of drug-likeness (QED) is 0.823. The Labute approximate surface area is 132 Å². The van der Waals surface area contributed by atoms with Crippen LogP contribution in [0.25, 0.3) is 0 Å². The van der Waals surface area contributed by atoms with Crippen molar-refractivity contribution in [3.63, 3.8) is 0 Å². The average Bonchev–Trinajstić information content (AvgIpc) is 3.16. The fourth-order valence-electron chi connectivity index (χ4n) is 2.68. The fraction of sp³-hybridized carbons (Fsp3) is 0.615. The maximum atomic E-state index is 12.3. The van der Waals surface area contributed by atoms with Gasteiger partial charge in [-0.05, 0) is 24.4 Å². The van der Waals surface area contributed by atoms with Crippen molar-refractivity contribution in [2.24, 2.45) is 0 Å². The van der Waals surface area contributed by atoms with E-state index in [-0.39, 0.29) is 17.2 Å². The Balaban J connectivity index is 1.62. The van der Waals surface area contributed by atoms with Crippen LogP contribution in [0.3, 0.4) is 0 Å². The molecule has 1 atom stereocenters. The molecule has 2 fully saturated rings. The van der Waals surface area contributed by atoms with E-state index in [0.717, 1.165) is 17.8 Å². The number of hydrogen-bond donors (Lipinski definition) is 0. The first kappa shape index (κ1) is 14.6. The second-order valence-electron chi connectivity index (χ2n) is 5.08. The van der Waals surface area contributed by atoms with E-state index < -0.39 is 0 Å². The molecule has 2 aliphatic heterocycles. The topological polar surface area (TPSA) is 69.5 Å². The summed E-state index contributed by atoms with van der Waals surface area (Å²) in [4.78, 5) is 16.2. The largest absolute Gasteiger partial charge is 0.368 e. The molecule has 1 aromatic rings. The number of amides is 1. The highest BCUT2D eigenvalue weighted by molar-refractivity contribution is 7.10. The van der Waals surface area contributed by atoms with Crippen LogP contribution in [0.15, 0.2) is 0 Å². The van der Waals surface area contributed by atoms with Crippen LogP contribution in [-0.2, 0) is 9.53 Å². The normalized spacial score (nSPS) is 22.4. The molecule has 0 aliphatic carbocycles.